The summed E-state index contributed by atoms with van der Waals surface area (Å²) in [6, 6.07) is 2.24. The maximum absolute atomic E-state index is 12.0. The van der Waals surface area contributed by atoms with E-state index in [1.165, 1.54) is 0 Å². The Labute approximate surface area is 114 Å². The highest BCUT2D eigenvalue weighted by molar-refractivity contribution is 5.79. The predicted molar refractivity (Wildman–Crippen MR) is 71.1 cm³/mol. The molecule has 0 aromatic carbocycles. The van der Waals surface area contributed by atoms with Crippen LogP contribution in [-0.2, 0) is 4.79 Å². The Morgan fingerprint density at radius 3 is 2.84 bits per heavy atom. The minimum Gasteiger partial charge on any atom is -0.396 e. The smallest absolute Gasteiger partial charge is 0.235 e. The molecular weight excluding hydrogens is 242 g/mol. The topological polar surface area (TPSA) is 76.4 Å². The summed E-state index contributed by atoms with van der Waals surface area (Å²) in [5.41, 5.74) is -0.693. The molecule has 1 heterocycles. The summed E-state index contributed by atoms with van der Waals surface area (Å²) in [5.74, 6) is 0.770. The Bertz CT molecular complexity index is 375. The summed E-state index contributed by atoms with van der Waals surface area (Å²) in [6.45, 7) is 4.19. The van der Waals surface area contributed by atoms with Crippen LogP contribution < -0.4 is 5.32 Å². The molecule has 1 saturated carbocycles. The van der Waals surface area contributed by atoms with E-state index in [1.54, 1.807) is 0 Å². The molecule has 5 nitrogen and oxygen atoms in total. The highest BCUT2D eigenvalue weighted by Crippen LogP contribution is 2.39. The number of aliphatic hydroxyl groups is 1. The molecule has 2 aliphatic rings. The van der Waals surface area contributed by atoms with E-state index in [1.807, 2.05) is 6.92 Å². The van der Waals surface area contributed by atoms with Crippen LogP contribution >= 0.6 is 0 Å². The first-order chi connectivity index (χ1) is 9.07. The highest BCUT2D eigenvalue weighted by atomic mass is 16.3. The first-order valence-corrected chi connectivity index (χ1v) is 7.13. The van der Waals surface area contributed by atoms with E-state index in [2.05, 4.69) is 16.3 Å². The number of likely N-dealkylation sites (tertiary alicyclic amines) is 1. The Kier molecular flexibility index (Phi) is 4.43. The molecule has 1 saturated heterocycles. The van der Waals surface area contributed by atoms with Gasteiger partial charge in [-0.25, -0.2) is 0 Å². The Balaban J connectivity index is 1.77. The van der Waals surface area contributed by atoms with Gasteiger partial charge in [-0.3, -0.25) is 9.69 Å². The van der Waals surface area contributed by atoms with Crippen molar-refractivity contribution in [3.05, 3.63) is 0 Å². The lowest BCUT2D eigenvalue weighted by molar-refractivity contribution is -0.123. The van der Waals surface area contributed by atoms with Crippen molar-refractivity contribution in [1.29, 1.82) is 5.26 Å². The average molecular weight is 265 g/mol. The fraction of sp³-hybridized carbons (Fsp3) is 0.857. The number of nitriles is 1. The number of nitrogens with zero attached hydrogens (tertiary/aromatic N) is 2. The number of carbonyl (C=O) groups is 1. The summed E-state index contributed by atoms with van der Waals surface area (Å²) in [6.07, 6.45) is 3.93. The molecule has 0 radical (unpaired) electrons. The van der Waals surface area contributed by atoms with Gasteiger partial charge in [0.1, 0.15) is 5.54 Å². The van der Waals surface area contributed by atoms with Gasteiger partial charge >= 0.3 is 0 Å². The van der Waals surface area contributed by atoms with Crippen molar-refractivity contribution in [3.8, 4) is 6.07 Å². The zero-order chi connectivity index (χ0) is 13.9. The van der Waals surface area contributed by atoms with Crippen molar-refractivity contribution in [2.75, 3.05) is 26.2 Å². The third-order valence-electron chi connectivity index (χ3n) is 4.30. The van der Waals surface area contributed by atoms with Crippen molar-refractivity contribution in [3.63, 3.8) is 0 Å². The van der Waals surface area contributed by atoms with Gasteiger partial charge in [-0.05, 0) is 51.0 Å². The first-order valence-electron chi connectivity index (χ1n) is 7.13. The molecule has 0 spiro atoms. The van der Waals surface area contributed by atoms with Gasteiger partial charge in [0, 0.05) is 13.2 Å². The normalized spacial score (nSPS) is 26.7. The number of carbonyl (C=O) groups excluding carboxylic acids is 1. The second-order valence-electron chi connectivity index (χ2n) is 6.04. The van der Waals surface area contributed by atoms with Gasteiger partial charge in [0.15, 0.2) is 0 Å². The summed E-state index contributed by atoms with van der Waals surface area (Å²) >= 11 is 0. The Morgan fingerprint density at radius 1 is 1.53 bits per heavy atom. The van der Waals surface area contributed by atoms with Crippen LogP contribution in [0.25, 0.3) is 0 Å². The minimum atomic E-state index is -0.693. The molecule has 2 N–H and O–H groups in total. The number of hydrogen-bond acceptors (Lipinski definition) is 4. The predicted octanol–water partition coefficient (Wildman–Crippen LogP) is 0.499. The van der Waals surface area contributed by atoms with Crippen LogP contribution in [0.15, 0.2) is 0 Å². The van der Waals surface area contributed by atoms with Crippen LogP contribution in [0.5, 0.6) is 0 Å². The van der Waals surface area contributed by atoms with Gasteiger partial charge in [-0.2, -0.15) is 5.26 Å². The third-order valence-corrected chi connectivity index (χ3v) is 4.30. The molecule has 1 amide bonds. The molecule has 2 unspecified atom stereocenters. The third kappa shape index (κ3) is 3.68. The number of hydrogen-bond donors (Lipinski definition) is 2. The number of nitrogens with one attached hydrogen (secondary N) is 1. The number of aliphatic hydroxyl groups excluding tert-OH is 1. The molecule has 1 aliphatic carbocycles. The average Bonchev–Trinajstić information content (AvgIpc) is 3.14. The Morgan fingerprint density at radius 2 is 2.26 bits per heavy atom. The van der Waals surface area contributed by atoms with Crippen molar-refractivity contribution >= 4 is 5.91 Å². The SMILES string of the molecule is CC(C#N)(NC(=O)CN1CCC(CCO)C1)C1CC1. The second kappa shape index (κ2) is 5.89. The van der Waals surface area contributed by atoms with Crippen LogP contribution in [0.3, 0.4) is 0 Å². The van der Waals surface area contributed by atoms with Gasteiger partial charge in [0.25, 0.3) is 0 Å². The van der Waals surface area contributed by atoms with E-state index in [9.17, 15) is 10.1 Å². The molecular formula is C14H23N3O2. The van der Waals surface area contributed by atoms with Crippen molar-refractivity contribution < 1.29 is 9.90 Å². The summed E-state index contributed by atoms with van der Waals surface area (Å²) in [4.78, 5) is 14.1. The van der Waals surface area contributed by atoms with E-state index in [0.29, 0.717) is 18.4 Å². The first kappa shape index (κ1) is 14.3. The monoisotopic (exact) mass is 265 g/mol. The standard InChI is InChI=1S/C14H23N3O2/c1-14(10-15,12-2-3-12)16-13(19)9-17-6-4-11(8-17)5-7-18/h11-12,18H,2-9H2,1H3,(H,16,19). The van der Waals surface area contributed by atoms with Gasteiger partial charge in [-0.1, -0.05) is 0 Å². The molecule has 1 aliphatic heterocycles. The van der Waals surface area contributed by atoms with Gasteiger partial charge in [0.05, 0.1) is 12.6 Å². The molecule has 2 rings (SSSR count). The van der Waals surface area contributed by atoms with Crippen LogP contribution in [-0.4, -0.2) is 47.7 Å². The lowest BCUT2D eigenvalue weighted by Crippen LogP contribution is -2.50. The van der Waals surface area contributed by atoms with Crippen LogP contribution in [0, 0.1) is 23.2 Å². The summed E-state index contributed by atoms with van der Waals surface area (Å²) < 4.78 is 0. The van der Waals surface area contributed by atoms with E-state index in [0.717, 1.165) is 38.8 Å². The fourth-order valence-electron chi connectivity index (χ4n) is 2.89. The zero-order valence-electron chi connectivity index (χ0n) is 11.6. The van der Waals surface area contributed by atoms with E-state index in [4.69, 9.17) is 5.11 Å². The zero-order valence-corrected chi connectivity index (χ0v) is 11.6. The van der Waals surface area contributed by atoms with E-state index < -0.39 is 5.54 Å². The quantitative estimate of drug-likeness (QED) is 0.733. The van der Waals surface area contributed by atoms with E-state index in [-0.39, 0.29) is 12.5 Å². The molecule has 0 bridgehead atoms. The molecule has 0 aromatic rings. The van der Waals surface area contributed by atoms with Crippen LogP contribution in [0.4, 0.5) is 0 Å². The number of amides is 1. The minimum absolute atomic E-state index is 0.0550. The molecule has 106 valence electrons. The Hall–Kier alpha value is -1.12. The lowest BCUT2D eigenvalue weighted by atomic mass is 9.98. The molecule has 2 fully saturated rings. The molecule has 5 heteroatoms. The summed E-state index contributed by atoms with van der Waals surface area (Å²) in [7, 11) is 0. The van der Waals surface area contributed by atoms with Crippen molar-refractivity contribution in [1.82, 2.24) is 10.2 Å². The lowest BCUT2D eigenvalue weighted by Gasteiger charge is -2.24. The fourth-order valence-corrected chi connectivity index (χ4v) is 2.89. The molecule has 19 heavy (non-hydrogen) atoms. The van der Waals surface area contributed by atoms with Gasteiger partial charge in [0.2, 0.25) is 5.91 Å². The molecule has 2 atom stereocenters. The number of rotatable bonds is 6. The largest absolute Gasteiger partial charge is 0.396 e. The highest BCUT2D eigenvalue weighted by Gasteiger charge is 2.43. The second-order valence-corrected chi connectivity index (χ2v) is 6.04. The maximum atomic E-state index is 12.0. The van der Waals surface area contributed by atoms with E-state index >= 15 is 0 Å². The van der Waals surface area contributed by atoms with Crippen molar-refractivity contribution in [2.24, 2.45) is 11.8 Å². The van der Waals surface area contributed by atoms with Crippen molar-refractivity contribution in [2.45, 2.75) is 38.1 Å². The maximum Gasteiger partial charge on any atom is 0.235 e. The van der Waals surface area contributed by atoms with Gasteiger partial charge in [-0.15, -0.1) is 0 Å². The summed E-state index contributed by atoms with van der Waals surface area (Å²) in [5, 5.41) is 21.0. The van der Waals surface area contributed by atoms with Crippen LogP contribution in [0.2, 0.25) is 0 Å². The van der Waals surface area contributed by atoms with Gasteiger partial charge < -0.3 is 10.4 Å². The van der Waals surface area contributed by atoms with Crippen LogP contribution in [0.1, 0.15) is 32.6 Å². The molecule has 0 aromatic heterocycles.